The second kappa shape index (κ2) is 4.13. The van der Waals surface area contributed by atoms with Crippen molar-refractivity contribution in [1.29, 1.82) is 0 Å². The zero-order chi connectivity index (χ0) is 10.7. The standard InChI is InChI=1S/C13H13NO/c1-2-3-4-13(15)11-5-6-12-10(9-11)7-8-14-12/h2,5-9,14H,1,3-4H2. The smallest absolute Gasteiger partial charge is 0.163 e. The van der Waals surface area contributed by atoms with E-state index in [1.54, 1.807) is 6.08 Å². The van der Waals surface area contributed by atoms with Crippen molar-refractivity contribution in [1.82, 2.24) is 4.98 Å². The van der Waals surface area contributed by atoms with E-state index < -0.39 is 0 Å². The summed E-state index contributed by atoms with van der Waals surface area (Å²) in [6.45, 7) is 3.61. The average Bonchev–Trinajstić information content (AvgIpc) is 2.72. The summed E-state index contributed by atoms with van der Waals surface area (Å²) in [7, 11) is 0. The maximum atomic E-state index is 11.7. The van der Waals surface area contributed by atoms with Crippen LogP contribution in [0.1, 0.15) is 23.2 Å². The molecule has 0 aliphatic heterocycles. The quantitative estimate of drug-likeness (QED) is 0.594. The van der Waals surface area contributed by atoms with E-state index in [-0.39, 0.29) is 5.78 Å². The molecule has 0 spiro atoms. The number of aromatic nitrogens is 1. The number of allylic oxidation sites excluding steroid dienone is 1. The molecule has 0 fully saturated rings. The lowest BCUT2D eigenvalue weighted by atomic mass is 10.1. The van der Waals surface area contributed by atoms with Gasteiger partial charge in [-0.25, -0.2) is 0 Å². The number of H-pyrrole nitrogens is 1. The maximum Gasteiger partial charge on any atom is 0.163 e. The van der Waals surface area contributed by atoms with Crippen LogP contribution in [0.5, 0.6) is 0 Å². The summed E-state index contributed by atoms with van der Waals surface area (Å²) in [4.78, 5) is 14.8. The molecule has 0 aliphatic carbocycles. The Morgan fingerprint density at radius 3 is 3.07 bits per heavy atom. The number of rotatable bonds is 4. The van der Waals surface area contributed by atoms with Crippen molar-refractivity contribution in [3.05, 3.63) is 48.7 Å². The van der Waals surface area contributed by atoms with Crippen molar-refractivity contribution in [2.24, 2.45) is 0 Å². The molecule has 2 aromatic rings. The lowest BCUT2D eigenvalue weighted by molar-refractivity contribution is 0.0984. The summed E-state index contributed by atoms with van der Waals surface area (Å²) in [6.07, 6.45) is 4.93. The van der Waals surface area contributed by atoms with Gasteiger partial charge in [-0.05, 0) is 30.7 Å². The van der Waals surface area contributed by atoms with E-state index in [2.05, 4.69) is 11.6 Å². The maximum absolute atomic E-state index is 11.7. The molecule has 0 unspecified atom stereocenters. The summed E-state index contributed by atoms with van der Waals surface area (Å²) in [5.41, 5.74) is 1.85. The molecule has 0 saturated heterocycles. The minimum Gasteiger partial charge on any atom is -0.361 e. The van der Waals surface area contributed by atoms with Crippen molar-refractivity contribution in [2.75, 3.05) is 0 Å². The lowest BCUT2D eigenvalue weighted by Crippen LogP contribution is -1.97. The predicted molar refractivity (Wildman–Crippen MR) is 62.1 cm³/mol. The number of aromatic amines is 1. The third kappa shape index (κ3) is 1.99. The van der Waals surface area contributed by atoms with Crippen LogP contribution in [0.25, 0.3) is 10.9 Å². The zero-order valence-electron chi connectivity index (χ0n) is 8.49. The first-order chi connectivity index (χ1) is 7.31. The fourth-order valence-corrected chi connectivity index (χ4v) is 1.60. The fraction of sp³-hybridized carbons (Fsp3) is 0.154. The lowest BCUT2D eigenvalue weighted by Gasteiger charge is -1.99. The average molecular weight is 199 g/mol. The molecule has 0 radical (unpaired) electrons. The summed E-state index contributed by atoms with van der Waals surface area (Å²) < 4.78 is 0. The van der Waals surface area contributed by atoms with Crippen molar-refractivity contribution in [2.45, 2.75) is 12.8 Å². The largest absolute Gasteiger partial charge is 0.361 e. The summed E-state index contributed by atoms with van der Waals surface area (Å²) in [5.74, 6) is 0.179. The van der Waals surface area contributed by atoms with Crippen molar-refractivity contribution in [3.8, 4) is 0 Å². The number of hydrogen-bond acceptors (Lipinski definition) is 1. The predicted octanol–water partition coefficient (Wildman–Crippen LogP) is 3.32. The normalized spacial score (nSPS) is 10.4. The fourth-order valence-electron chi connectivity index (χ4n) is 1.60. The van der Waals surface area contributed by atoms with Gasteiger partial charge in [-0.3, -0.25) is 4.79 Å². The van der Waals surface area contributed by atoms with Crippen molar-refractivity contribution in [3.63, 3.8) is 0 Å². The van der Waals surface area contributed by atoms with Crippen LogP contribution in [-0.2, 0) is 0 Å². The number of nitrogens with one attached hydrogen (secondary N) is 1. The molecule has 2 rings (SSSR count). The highest BCUT2D eigenvalue weighted by Gasteiger charge is 2.05. The number of Topliss-reactive ketones (excluding diaryl/α,β-unsaturated/α-hetero) is 1. The Kier molecular flexibility index (Phi) is 2.68. The van der Waals surface area contributed by atoms with Gasteiger partial charge in [-0.2, -0.15) is 0 Å². The van der Waals surface area contributed by atoms with Crippen LogP contribution in [0.15, 0.2) is 43.1 Å². The van der Waals surface area contributed by atoms with E-state index in [9.17, 15) is 4.79 Å². The van der Waals surface area contributed by atoms with Crippen LogP contribution in [-0.4, -0.2) is 10.8 Å². The second-order valence-electron chi connectivity index (χ2n) is 3.53. The molecule has 0 saturated carbocycles. The Morgan fingerprint density at radius 1 is 1.40 bits per heavy atom. The van der Waals surface area contributed by atoms with E-state index >= 15 is 0 Å². The van der Waals surface area contributed by atoms with Crippen LogP contribution in [0.3, 0.4) is 0 Å². The van der Waals surface area contributed by atoms with E-state index in [4.69, 9.17) is 0 Å². The van der Waals surface area contributed by atoms with Gasteiger partial charge in [-0.1, -0.05) is 6.08 Å². The molecular formula is C13H13NO. The number of fused-ring (bicyclic) bond motifs is 1. The topological polar surface area (TPSA) is 32.9 Å². The minimum absolute atomic E-state index is 0.179. The molecule has 0 amide bonds. The Hall–Kier alpha value is -1.83. The number of benzene rings is 1. The van der Waals surface area contributed by atoms with Crippen LogP contribution in [0.4, 0.5) is 0 Å². The number of carbonyl (C=O) groups excluding carboxylic acids is 1. The van der Waals surface area contributed by atoms with Gasteiger partial charge in [0.15, 0.2) is 5.78 Å². The third-order valence-electron chi connectivity index (χ3n) is 2.45. The number of ketones is 1. The SMILES string of the molecule is C=CCCC(=O)c1ccc2[nH]ccc2c1. The molecule has 15 heavy (non-hydrogen) atoms. The van der Waals surface area contributed by atoms with Gasteiger partial charge in [0.05, 0.1) is 0 Å². The Labute approximate surface area is 88.6 Å². The summed E-state index contributed by atoms with van der Waals surface area (Å²) in [5, 5.41) is 1.08. The molecular weight excluding hydrogens is 186 g/mol. The molecule has 1 aromatic heterocycles. The Bertz CT molecular complexity index is 496. The molecule has 1 heterocycles. The van der Waals surface area contributed by atoms with Crippen LogP contribution in [0, 0.1) is 0 Å². The van der Waals surface area contributed by atoms with E-state index in [0.717, 1.165) is 22.9 Å². The van der Waals surface area contributed by atoms with Gasteiger partial charge in [0.25, 0.3) is 0 Å². The zero-order valence-corrected chi connectivity index (χ0v) is 8.49. The van der Waals surface area contributed by atoms with E-state index in [1.807, 2.05) is 30.5 Å². The molecule has 2 heteroatoms. The van der Waals surface area contributed by atoms with Gasteiger partial charge in [0.1, 0.15) is 0 Å². The summed E-state index contributed by atoms with van der Waals surface area (Å²) >= 11 is 0. The van der Waals surface area contributed by atoms with Gasteiger partial charge < -0.3 is 4.98 Å². The minimum atomic E-state index is 0.179. The highest BCUT2D eigenvalue weighted by Crippen LogP contribution is 2.15. The van der Waals surface area contributed by atoms with E-state index in [1.165, 1.54) is 0 Å². The first-order valence-electron chi connectivity index (χ1n) is 5.02. The van der Waals surface area contributed by atoms with Crippen molar-refractivity contribution >= 4 is 16.7 Å². The van der Waals surface area contributed by atoms with E-state index in [0.29, 0.717) is 6.42 Å². The number of hydrogen-bond donors (Lipinski definition) is 1. The Balaban J connectivity index is 2.27. The molecule has 0 aliphatic rings. The van der Waals surface area contributed by atoms with Gasteiger partial charge in [0.2, 0.25) is 0 Å². The molecule has 1 aromatic carbocycles. The van der Waals surface area contributed by atoms with Crippen LogP contribution < -0.4 is 0 Å². The van der Waals surface area contributed by atoms with Crippen molar-refractivity contribution < 1.29 is 4.79 Å². The molecule has 2 nitrogen and oxygen atoms in total. The monoisotopic (exact) mass is 199 g/mol. The second-order valence-corrected chi connectivity index (χ2v) is 3.53. The molecule has 0 bridgehead atoms. The van der Waals surface area contributed by atoms with Gasteiger partial charge in [-0.15, -0.1) is 6.58 Å². The highest BCUT2D eigenvalue weighted by molar-refractivity contribution is 5.99. The molecule has 0 atom stereocenters. The first kappa shape index (κ1) is 9.71. The molecule has 76 valence electrons. The van der Waals surface area contributed by atoms with Crippen LogP contribution >= 0.6 is 0 Å². The summed E-state index contributed by atoms with van der Waals surface area (Å²) in [6, 6.07) is 7.71. The first-order valence-corrected chi connectivity index (χ1v) is 5.02. The Morgan fingerprint density at radius 2 is 2.27 bits per heavy atom. The third-order valence-corrected chi connectivity index (χ3v) is 2.45. The van der Waals surface area contributed by atoms with Gasteiger partial charge in [0, 0.05) is 29.1 Å². The van der Waals surface area contributed by atoms with Crippen LogP contribution in [0.2, 0.25) is 0 Å². The van der Waals surface area contributed by atoms with Gasteiger partial charge >= 0.3 is 0 Å². The highest BCUT2D eigenvalue weighted by atomic mass is 16.1. The molecule has 1 N–H and O–H groups in total. The number of carbonyl (C=O) groups is 1.